The fourth-order valence-electron chi connectivity index (χ4n) is 4.14. The molecule has 158 valence electrons. The molecule has 4 rings (SSSR count). The summed E-state index contributed by atoms with van der Waals surface area (Å²) in [6.07, 6.45) is 2.06. The SMILES string of the molecule is CCCN(CCC)c1ccc2c(-c3ccccc3C(=O)O)c3ccc(=O)cc-3oc2c1. The highest BCUT2D eigenvalue weighted by Gasteiger charge is 2.21. The molecule has 0 saturated heterocycles. The van der Waals surface area contributed by atoms with Crippen LogP contribution in [0.5, 0.6) is 0 Å². The minimum Gasteiger partial charge on any atom is -0.478 e. The predicted molar refractivity (Wildman–Crippen MR) is 124 cm³/mol. The molecule has 2 aromatic rings. The Balaban J connectivity index is 2.05. The van der Waals surface area contributed by atoms with Crippen LogP contribution in [0.15, 0.2) is 69.9 Å². The average molecular weight is 415 g/mol. The van der Waals surface area contributed by atoms with Crippen LogP contribution in [0.2, 0.25) is 0 Å². The van der Waals surface area contributed by atoms with E-state index in [9.17, 15) is 14.7 Å². The van der Waals surface area contributed by atoms with Gasteiger partial charge in [-0.2, -0.15) is 0 Å². The molecule has 1 N–H and O–H groups in total. The molecule has 0 bridgehead atoms. The smallest absolute Gasteiger partial charge is 0.336 e. The fraction of sp³-hybridized carbons (Fsp3) is 0.231. The Kier molecular flexibility index (Phi) is 5.76. The molecule has 2 aliphatic rings. The first-order valence-corrected chi connectivity index (χ1v) is 10.6. The molecule has 1 aliphatic carbocycles. The molecule has 0 aromatic heterocycles. The molecule has 0 unspecified atom stereocenters. The number of anilines is 1. The van der Waals surface area contributed by atoms with Gasteiger partial charge in [0, 0.05) is 47.4 Å². The van der Waals surface area contributed by atoms with Crippen LogP contribution in [-0.4, -0.2) is 24.2 Å². The molecule has 1 heterocycles. The Morgan fingerprint density at radius 1 is 0.935 bits per heavy atom. The van der Waals surface area contributed by atoms with E-state index >= 15 is 0 Å². The largest absolute Gasteiger partial charge is 0.478 e. The van der Waals surface area contributed by atoms with E-state index < -0.39 is 5.97 Å². The third kappa shape index (κ3) is 3.91. The number of carbonyl (C=O) groups is 1. The maximum Gasteiger partial charge on any atom is 0.336 e. The molecular formula is C26H25NO4. The summed E-state index contributed by atoms with van der Waals surface area (Å²) in [6, 6.07) is 17.6. The predicted octanol–water partition coefficient (Wildman–Crippen LogP) is 5.89. The van der Waals surface area contributed by atoms with Crippen molar-refractivity contribution in [3.8, 4) is 22.5 Å². The fourth-order valence-corrected chi connectivity index (χ4v) is 4.14. The Hall–Kier alpha value is -3.60. The van der Waals surface area contributed by atoms with Crippen LogP contribution in [0.1, 0.15) is 37.0 Å². The lowest BCUT2D eigenvalue weighted by Gasteiger charge is -2.24. The van der Waals surface area contributed by atoms with Crippen LogP contribution in [-0.2, 0) is 0 Å². The van der Waals surface area contributed by atoms with Crippen molar-refractivity contribution in [2.75, 3.05) is 18.0 Å². The third-order valence-electron chi connectivity index (χ3n) is 5.46. The molecule has 5 nitrogen and oxygen atoms in total. The molecule has 0 atom stereocenters. The average Bonchev–Trinajstić information content (AvgIpc) is 2.76. The number of carboxylic acid groups (broad SMARTS) is 1. The topological polar surface area (TPSA) is 70.8 Å². The van der Waals surface area contributed by atoms with Gasteiger partial charge in [0.15, 0.2) is 5.43 Å². The summed E-state index contributed by atoms with van der Waals surface area (Å²) >= 11 is 0. The highest BCUT2D eigenvalue weighted by Crippen LogP contribution is 2.42. The number of hydrogen-bond donors (Lipinski definition) is 1. The number of benzene rings is 3. The number of rotatable bonds is 7. The third-order valence-corrected chi connectivity index (χ3v) is 5.46. The Morgan fingerprint density at radius 3 is 2.39 bits per heavy atom. The van der Waals surface area contributed by atoms with Crippen molar-refractivity contribution >= 4 is 22.6 Å². The molecule has 31 heavy (non-hydrogen) atoms. The van der Waals surface area contributed by atoms with Gasteiger partial charge in [0.05, 0.1) is 5.56 Å². The van der Waals surface area contributed by atoms with Crippen LogP contribution >= 0.6 is 0 Å². The van der Waals surface area contributed by atoms with Crippen LogP contribution in [0, 0.1) is 0 Å². The first-order chi connectivity index (χ1) is 15.0. The van der Waals surface area contributed by atoms with E-state index in [1.165, 1.54) is 12.1 Å². The number of hydrogen-bond acceptors (Lipinski definition) is 4. The monoisotopic (exact) mass is 415 g/mol. The van der Waals surface area contributed by atoms with Crippen LogP contribution in [0.25, 0.3) is 33.4 Å². The van der Waals surface area contributed by atoms with Crippen molar-refractivity contribution in [1.82, 2.24) is 0 Å². The molecule has 5 heteroatoms. The molecule has 1 aliphatic heterocycles. The van der Waals surface area contributed by atoms with Gasteiger partial charge in [-0.1, -0.05) is 32.0 Å². The number of fused-ring (bicyclic) bond motifs is 2. The first-order valence-electron chi connectivity index (χ1n) is 10.6. The second kappa shape index (κ2) is 8.64. The number of aromatic carboxylic acids is 1. The lowest BCUT2D eigenvalue weighted by molar-refractivity contribution is 0.0697. The molecule has 2 aromatic carbocycles. The van der Waals surface area contributed by atoms with Gasteiger partial charge in [-0.05, 0) is 48.7 Å². The first kappa shape index (κ1) is 20.7. The van der Waals surface area contributed by atoms with E-state index in [1.807, 2.05) is 18.2 Å². The summed E-state index contributed by atoms with van der Waals surface area (Å²) < 4.78 is 6.16. The lowest BCUT2D eigenvalue weighted by atomic mass is 9.90. The molecule has 0 spiro atoms. The summed E-state index contributed by atoms with van der Waals surface area (Å²) in [5.41, 5.74) is 3.82. The summed E-state index contributed by atoms with van der Waals surface area (Å²) in [5.74, 6) is -0.545. The normalized spacial score (nSPS) is 11.2. The van der Waals surface area contributed by atoms with Gasteiger partial charge in [0.25, 0.3) is 0 Å². The minimum atomic E-state index is -0.994. The minimum absolute atomic E-state index is 0.150. The zero-order chi connectivity index (χ0) is 22.0. The van der Waals surface area contributed by atoms with E-state index in [-0.39, 0.29) is 11.0 Å². The zero-order valence-corrected chi connectivity index (χ0v) is 17.7. The van der Waals surface area contributed by atoms with Gasteiger partial charge < -0.3 is 14.4 Å². The van der Waals surface area contributed by atoms with Crippen LogP contribution in [0.3, 0.4) is 0 Å². The van der Waals surface area contributed by atoms with Crippen molar-refractivity contribution in [1.29, 1.82) is 0 Å². The Morgan fingerprint density at radius 2 is 1.68 bits per heavy atom. The summed E-state index contributed by atoms with van der Waals surface area (Å²) in [4.78, 5) is 26.3. The molecule has 0 fully saturated rings. The van der Waals surface area contributed by atoms with Gasteiger partial charge in [-0.15, -0.1) is 0 Å². The van der Waals surface area contributed by atoms with E-state index in [1.54, 1.807) is 24.3 Å². The highest BCUT2D eigenvalue weighted by atomic mass is 16.4. The summed E-state index contributed by atoms with van der Waals surface area (Å²) in [5, 5.41) is 10.6. The second-order valence-corrected chi connectivity index (χ2v) is 7.65. The maximum absolute atomic E-state index is 12.0. The Labute approximate surface area is 180 Å². The quantitative estimate of drug-likeness (QED) is 0.381. The van der Waals surface area contributed by atoms with Crippen molar-refractivity contribution in [3.63, 3.8) is 0 Å². The van der Waals surface area contributed by atoms with Gasteiger partial charge in [-0.3, -0.25) is 4.79 Å². The van der Waals surface area contributed by atoms with Gasteiger partial charge in [-0.25, -0.2) is 4.79 Å². The van der Waals surface area contributed by atoms with E-state index in [4.69, 9.17) is 4.42 Å². The van der Waals surface area contributed by atoms with Crippen LogP contribution in [0.4, 0.5) is 5.69 Å². The number of carboxylic acids is 1. The number of nitrogens with zero attached hydrogens (tertiary/aromatic N) is 1. The summed E-state index contributed by atoms with van der Waals surface area (Å²) in [7, 11) is 0. The van der Waals surface area contributed by atoms with Crippen molar-refractivity contribution in [2.24, 2.45) is 0 Å². The zero-order valence-electron chi connectivity index (χ0n) is 17.7. The lowest BCUT2D eigenvalue weighted by Crippen LogP contribution is -2.24. The van der Waals surface area contributed by atoms with E-state index in [2.05, 4.69) is 24.8 Å². The second-order valence-electron chi connectivity index (χ2n) is 7.65. The summed E-state index contributed by atoms with van der Waals surface area (Å²) in [6.45, 7) is 6.18. The van der Waals surface area contributed by atoms with Crippen molar-refractivity contribution < 1.29 is 14.3 Å². The Bertz CT molecular complexity index is 1270. The maximum atomic E-state index is 12.0. The van der Waals surface area contributed by atoms with Crippen molar-refractivity contribution in [3.05, 3.63) is 76.5 Å². The van der Waals surface area contributed by atoms with Crippen LogP contribution < -0.4 is 10.3 Å². The van der Waals surface area contributed by atoms with Gasteiger partial charge in [0.1, 0.15) is 11.3 Å². The molecule has 0 radical (unpaired) electrons. The van der Waals surface area contributed by atoms with Gasteiger partial charge >= 0.3 is 5.97 Å². The van der Waals surface area contributed by atoms with E-state index in [0.29, 0.717) is 22.5 Å². The molecular weight excluding hydrogens is 390 g/mol. The molecule has 0 amide bonds. The molecule has 0 saturated carbocycles. The standard InChI is InChI=1S/C26H25NO4/c1-3-13-27(14-4-2)17-9-11-21-23(15-17)31-24-16-18(28)10-12-22(24)25(21)19-7-5-6-8-20(19)26(29)30/h5-12,15-16H,3-4,13-14H2,1-2H3,(H,29,30). The van der Waals surface area contributed by atoms with Gasteiger partial charge in [0.2, 0.25) is 0 Å². The van der Waals surface area contributed by atoms with Crippen molar-refractivity contribution in [2.45, 2.75) is 26.7 Å². The highest BCUT2D eigenvalue weighted by molar-refractivity contribution is 6.07. The van der Waals surface area contributed by atoms with E-state index in [0.717, 1.165) is 42.6 Å².